The molecule has 0 saturated heterocycles. The standard InChI is InChI=1S/C16H11NO4/c18-16(11-6-2-1-3-7-11)15-12-8-4-5-9-13(12)21-14(15)10-17(19)20/h1-9H,10H2. The molecule has 5 nitrogen and oxygen atoms in total. The van der Waals surface area contributed by atoms with Gasteiger partial charge in [0.2, 0.25) is 0 Å². The van der Waals surface area contributed by atoms with Crippen molar-refractivity contribution in [3.05, 3.63) is 81.6 Å². The van der Waals surface area contributed by atoms with Crippen molar-refractivity contribution in [3.63, 3.8) is 0 Å². The zero-order valence-electron chi connectivity index (χ0n) is 11.0. The fraction of sp³-hybridized carbons (Fsp3) is 0.0625. The summed E-state index contributed by atoms with van der Waals surface area (Å²) in [4.78, 5) is 22.9. The Morgan fingerprint density at radius 3 is 2.43 bits per heavy atom. The molecule has 3 rings (SSSR count). The number of hydrogen-bond acceptors (Lipinski definition) is 4. The molecule has 0 bridgehead atoms. The first-order chi connectivity index (χ1) is 10.2. The molecule has 0 N–H and O–H groups in total. The third kappa shape index (κ3) is 2.41. The van der Waals surface area contributed by atoms with E-state index >= 15 is 0 Å². The Morgan fingerprint density at radius 2 is 1.71 bits per heavy atom. The first-order valence-electron chi connectivity index (χ1n) is 6.39. The first-order valence-corrected chi connectivity index (χ1v) is 6.39. The van der Waals surface area contributed by atoms with E-state index in [0.717, 1.165) is 0 Å². The van der Waals surface area contributed by atoms with Crippen LogP contribution in [0, 0.1) is 10.1 Å². The van der Waals surface area contributed by atoms with Crippen molar-refractivity contribution in [2.24, 2.45) is 0 Å². The van der Waals surface area contributed by atoms with Crippen molar-refractivity contribution in [2.75, 3.05) is 0 Å². The van der Waals surface area contributed by atoms with Crippen molar-refractivity contribution in [2.45, 2.75) is 6.54 Å². The van der Waals surface area contributed by atoms with E-state index in [1.165, 1.54) is 0 Å². The van der Waals surface area contributed by atoms with E-state index in [-0.39, 0.29) is 17.1 Å². The topological polar surface area (TPSA) is 73.3 Å². The summed E-state index contributed by atoms with van der Waals surface area (Å²) < 4.78 is 5.49. The molecule has 0 aliphatic heterocycles. The minimum absolute atomic E-state index is 0.0926. The zero-order chi connectivity index (χ0) is 14.8. The lowest BCUT2D eigenvalue weighted by molar-refractivity contribution is -0.499. The molecule has 3 aromatic rings. The van der Waals surface area contributed by atoms with Gasteiger partial charge in [0, 0.05) is 15.9 Å². The molecule has 1 heterocycles. The molecule has 5 heteroatoms. The van der Waals surface area contributed by atoms with Gasteiger partial charge >= 0.3 is 0 Å². The average Bonchev–Trinajstić information content (AvgIpc) is 2.84. The van der Waals surface area contributed by atoms with E-state index in [1.807, 2.05) is 6.07 Å². The number of furan rings is 1. The molecule has 0 fully saturated rings. The number of rotatable bonds is 4. The van der Waals surface area contributed by atoms with Crippen LogP contribution in [0.1, 0.15) is 21.7 Å². The number of ketones is 1. The van der Waals surface area contributed by atoms with Gasteiger partial charge in [-0.05, 0) is 6.07 Å². The van der Waals surface area contributed by atoms with Gasteiger partial charge in [-0.2, -0.15) is 0 Å². The number of carbonyl (C=O) groups is 1. The third-order valence-corrected chi connectivity index (χ3v) is 3.20. The molecule has 1 aromatic heterocycles. The molecular weight excluding hydrogens is 270 g/mol. The molecule has 0 amide bonds. The second kappa shape index (κ2) is 5.20. The maximum atomic E-state index is 12.6. The Kier molecular flexibility index (Phi) is 3.23. The smallest absolute Gasteiger partial charge is 0.261 e. The largest absolute Gasteiger partial charge is 0.453 e. The summed E-state index contributed by atoms with van der Waals surface area (Å²) >= 11 is 0. The number of para-hydroxylation sites is 1. The van der Waals surface area contributed by atoms with E-state index in [2.05, 4.69) is 0 Å². The number of hydrogen-bond donors (Lipinski definition) is 0. The molecule has 21 heavy (non-hydrogen) atoms. The summed E-state index contributed by atoms with van der Waals surface area (Å²) in [6, 6.07) is 15.6. The van der Waals surface area contributed by atoms with Gasteiger partial charge in [0.15, 0.2) is 11.5 Å². The van der Waals surface area contributed by atoms with Crippen molar-refractivity contribution in [3.8, 4) is 0 Å². The number of nitrogens with zero attached hydrogens (tertiary/aromatic N) is 1. The van der Waals surface area contributed by atoms with E-state index < -0.39 is 11.5 Å². The molecule has 0 unspecified atom stereocenters. The van der Waals surface area contributed by atoms with Crippen LogP contribution in [0.2, 0.25) is 0 Å². The predicted molar refractivity (Wildman–Crippen MR) is 76.8 cm³/mol. The Labute approximate surface area is 120 Å². The molecule has 0 radical (unpaired) electrons. The van der Waals surface area contributed by atoms with Gasteiger partial charge in [0.1, 0.15) is 5.58 Å². The lowest BCUT2D eigenvalue weighted by Crippen LogP contribution is -2.06. The number of carbonyl (C=O) groups excluding carboxylic acids is 1. The Morgan fingerprint density at radius 1 is 1.05 bits per heavy atom. The fourth-order valence-corrected chi connectivity index (χ4v) is 2.31. The van der Waals surface area contributed by atoms with Crippen molar-refractivity contribution in [1.29, 1.82) is 0 Å². The summed E-state index contributed by atoms with van der Waals surface area (Å²) in [6.45, 7) is -0.511. The van der Waals surface area contributed by atoms with Crippen LogP contribution < -0.4 is 0 Å². The Bertz CT molecular complexity index is 821. The second-order valence-electron chi connectivity index (χ2n) is 4.58. The summed E-state index contributed by atoms with van der Waals surface area (Å²) in [5.41, 5.74) is 1.23. The van der Waals surface area contributed by atoms with Gasteiger partial charge in [-0.1, -0.05) is 48.5 Å². The van der Waals surface area contributed by atoms with Crippen molar-refractivity contribution in [1.82, 2.24) is 0 Å². The minimum Gasteiger partial charge on any atom is -0.453 e. The molecule has 104 valence electrons. The van der Waals surface area contributed by atoms with Crippen LogP contribution in [0.25, 0.3) is 11.0 Å². The molecular formula is C16H11NO4. The van der Waals surface area contributed by atoms with Crippen LogP contribution >= 0.6 is 0 Å². The first kappa shape index (κ1) is 13.1. The lowest BCUT2D eigenvalue weighted by Gasteiger charge is -2.00. The summed E-state index contributed by atoms with van der Waals surface area (Å²) in [5, 5.41) is 11.4. The molecule has 0 saturated carbocycles. The molecule has 2 aromatic carbocycles. The van der Waals surface area contributed by atoms with Gasteiger partial charge in [-0.25, -0.2) is 0 Å². The maximum absolute atomic E-state index is 12.6. The Balaban J connectivity index is 2.19. The summed E-state index contributed by atoms with van der Waals surface area (Å²) in [7, 11) is 0. The van der Waals surface area contributed by atoms with Crippen molar-refractivity contribution < 1.29 is 14.1 Å². The van der Waals surface area contributed by atoms with Gasteiger partial charge in [0.25, 0.3) is 6.54 Å². The third-order valence-electron chi connectivity index (χ3n) is 3.20. The van der Waals surface area contributed by atoms with Gasteiger partial charge in [-0.3, -0.25) is 14.9 Å². The van der Waals surface area contributed by atoms with E-state index in [9.17, 15) is 14.9 Å². The molecule has 0 aliphatic rings. The van der Waals surface area contributed by atoms with Crippen LogP contribution in [0.4, 0.5) is 0 Å². The van der Waals surface area contributed by atoms with E-state index in [1.54, 1.807) is 48.5 Å². The van der Waals surface area contributed by atoms with Gasteiger partial charge < -0.3 is 4.42 Å². The molecule has 0 aliphatic carbocycles. The number of nitro groups is 1. The van der Waals surface area contributed by atoms with Crippen LogP contribution in [-0.2, 0) is 6.54 Å². The quantitative estimate of drug-likeness (QED) is 0.417. The lowest BCUT2D eigenvalue weighted by atomic mass is 10.0. The summed E-state index contributed by atoms with van der Waals surface area (Å²) in [6.07, 6.45) is 0. The molecule has 0 atom stereocenters. The maximum Gasteiger partial charge on any atom is 0.261 e. The van der Waals surface area contributed by atoms with Crippen LogP contribution in [0.3, 0.4) is 0 Å². The van der Waals surface area contributed by atoms with Crippen LogP contribution in [0.15, 0.2) is 59.0 Å². The predicted octanol–water partition coefficient (Wildman–Crippen LogP) is 3.44. The van der Waals surface area contributed by atoms with Gasteiger partial charge in [-0.15, -0.1) is 0 Å². The number of fused-ring (bicyclic) bond motifs is 1. The monoisotopic (exact) mass is 281 g/mol. The fourth-order valence-electron chi connectivity index (χ4n) is 2.31. The summed E-state index contributed by atoms with van der Waals surface area (Å²) in [5.74, 6) is -0.174. The highest BCUT2D eigenvalue weighted by atomic mass is 16.6. The van der Waals surface area contributed by atoms with E-state index in [0.29, 0.717) is 16.5 Å². The average molecular weight is 281 g/mol. The van der Waals surface area contributed by atoms with E-state index in [4.69, 9.17) is 4.42 Å². The highest BCUT2D eigenvalue weighted by Gasteiger charge is 2.24. The van der Waals surface area contributed by atoms with Crippen molar-refractivity contribution >= 4 is 16.8 Å². The number of benzene rings is 2. The SMILES string of the molecule is O=C(c1ccccc1)c1c(C[N+](=O)[O-])oc2ccccc12. The normalized spacial score (nSPS) is 10.7. The minimum atomic E-state index is -0.511. The van der Waals surface area contributed by atoms with Crippen LogP contribution in [0.5, 0.6) is 0 Å². The van der Waals surface area contributed by atoms with Crippen LogP contribution in [-0.4, -0.2) is 10.7 Å². The highest BCUT2D eigenvalue weighted by molar-refractivity contribution is 6.16. The molecule has 0 spiro atoms. The highest BCUT2D eigenvalue weighted by Crippen LogP contribution is 2.28. The second-order valence-corrected chi connectivity index (χ2v) is 4.58. The van der Waals surface area contributed by atoms with Gasteiger partial charge in [0.05, 0.1) is 5.56 Å². The Hall–Kier alpha value is -2.95. The zero-order valence-corrected chi connectivity index (χ0v) is 11.0.